The molecular formula is C29H33N3O5. The van der Waals surface area contributed by atoms with Crippen LogP contribution in [-0.2, 0) is 24.3 Å². The van der Waals surface area contributed by atoms with E-state index in [1.165, 1.54) is 11.1 Å². The molecule has 2 aliphatic rings. The molecule has 0 atom stereocenters. The van der Waals surface area contributed by atoms with Gasteiger partial charge in [0.05, 0.1) is 31.9 Å². The van der Waals surface area contributed by atoms with Crippen LogP contribution in [0.2, 0.25) is 0 Å². The number of hydrogen-bond donors (Lipinski definition) is 0. The molecule has 0 bridgehead atoms. The highest BCUT2D eigenvalue weighted by Gasteiger charge is 2.46. The Labute approximate surface area is 217 Å². The molecule has 8 nitrogen and oxygen atoms in total. The van der Waals surface area contributed by atoms with E-state index in [-0.39, 0.29) is 11.8 Å². The Hall–Kier alpha value is -3.81. The average Bonchev–Trinajstić information content (AvgIpc) is 3.19. The van der Waals surface area contributed by atoms with Gasteiger partial charge in [0.15, 0.2) is 0 Å². The van der Waals surface area contributed by atoms with E-state index in [1.54, 1.807) is 32.4 Å². The van der Waals surface area contributed by atoms with Crippen LogP contribution in [0.1, 0.15) is 51.3 Å². The predicted molar refractivity (Wildman–Crippen MR) is 137 cm³/mol. The molecule has 1 saturated heterocycles. The molecule has 2 amide bonds. The Bertz CT molecular complexity index is 1280. The fraction of sp³-hybridized carbons (Fsp3) is 0.414. The Kier molecular flexibility index (Phi) is 6.67. The third kappa shape index (κ3) is 4.68. The number of piperidine rings is 1. The van der Waals surface area contributed by atoms with Gasteiger partial charge in [-0.2, -0.15) is 0 Å². The fourth-order valence-electron chi connectivity index (χ4n) is 5.63. The summed E-state index contributed by atoms with van der Waals surface area (Å²) in [5.74, 6) is 1.94. The van der Waals surface area contributed by atoms with Gasteiger partial charge in [-0.25, -0.2) is 0 Å². The molecule has 37 heavy (non-hydrogen) atoms. The van der Waals surface area contributed by atoms with Crippen LogP contribution in [0, 0.1) is 19.3 Å². The minimum absolute atomic E-state index is 0.0823. The monoisotopic (exact) mass is 503 g/mol. The number of aryl methyl sites for hydroxylation is 2. The molecule has 0 N–H and O–H groups in total. The highest BCUT2D eigenvalue weighted by molar-refractivity contribution is 5.95. The molecule has 2 aliphatic heterocycles. The van der Waals surface area contributed by atoms with Crippen molar-refractivity contribution in [3.05, 3.63) is 76.2 Å². The minimum Gasteiger partial charge on any atom is -0.497 e. The third-order valence-corrected chi connectivity index (χ3v) is 7.89. The first kappa shape index (κ1) is 24.9. The summed E-state index contributed by atoms with van der Waals surface area (Å²) in [5.41, 5.74) is 4.10. The van der Waals surface area contributed by atoms with Crippen molar-refractivity contribution in [1.82, 2.24) is 15.0 Å². The van der Waals surface area contributed by atoms with Gasteiger partial charge in [-0.05, 0) is 56.4 Å². The summed E-state index contributed by atoms with van der Waals surface area (Å²) in [7, 11) is 3.13. The van der Waals surface area contributed by atoms with E-state index < -0.39 is 5.41 Å². The van der Waals surface area contributed by atoms with Gasteiger partial charge in [-0.3, -0.25) is 9.59 Å². The molecule has 5 rings (SSSR count). The minimum atomic E-state index is -0.561. The van der Waals surface area contributed by atoms with Crippen LogP contribution in [0.3, 0.4) is 0 Å². The SMILES string of the molecule is COc1cc(OC)cc(C(=O)N2CCC3(CC2)Cc2ccccc2CN(Cc2c(C)noc2C)C3=O)c1. The topological polar surface area (TPSA) is 85.1 Å². The molecule has 1 aromatic heterocycles. The van der Waals surface area contributed by atoms with Gasteiger partial charge in [-0.15, -0.1) is 0 Å². The summed E-state index contributed by atoms with van der Waals surface area (Å²) in [6, 6.07) is 13.5. The van der Waals surface area contributed by atoms with Gasteiger partial charge < -0.3 is 23.8 Å². The zero-order chi connectivity index (χ0) is 26.2. The van der Waals surface area contributed by atoms with Crippen LogP contribution in [0.15, 0.2) is 47.0 Å². The first-order valence-electron chi connectivity index (χ1n) is 12.6. The van der Waals surface area contributed by atoms with Crippen LogP contribution in [0.4, 0.5) is 0 Å². The molecule has 0 saturated carbocycles. The number of methoxy groups -OCH3 is 2. The first-order valence-corrected chi connectivity index (χ1v) is 12.6. The van der Waals surface area contributed by atoms with E-state index in [0.29, 0.717) is 62.5 Å². The zero-order valence-corrected chi connectivity index (χ0v) is 21.9. The smallest absolute Gasteiger partial charge is 0.254 e. The number of carbonyl (C=O) groups is 2. The number of fused-ring (bicyclic) bond motifs is 1. The van der Waals surface area contributed by atoms with Gasteiger partial charge in [0.1, 0.15) is 17.3 Å². The summed E-state index contributed by atoms with van der Waals surface area (Å²) in [4.78, 5) is 31.4. The van der Waals surface area contributed by atoms with Crippen molar-refractivity contribution in [2.75, 3.05) is 27.3 Å². The van der Waals surface area contributed by atoms with Crippen molar-refractivity contribution in [2.24, 2.45) is 5.41 Å². The lowest BCUT2D eigenvalue weighted by molar-refractivity contribution is -0.145. The van der Waals surface area contributed by atoms with Crippen molar-refractivity contribution >= 4 is 11.8 Å². The third-order valence-electron chi connectivity index (χ3n) is 7.89. The number of aromatic nitrogens is 1. The number of ether oxygens (including phenoxy) is 2. The van der Waals surface area contributed by atoms with Crippen molar-refractivity contribution in [3.63, 3.8) is 0 Å². The standard InChI is InChI=1S/C29H33N3O5/c1-19-26(20(2)37-30-19)18-32-17-22-8-6-5-7-21(22)16-29(28(32)34)9-11-31(12-10-29)27(33)23-13-24(35-3)15-25(14-23)36-4/h5-8,13-15H,9-12,16-18H2,1-4H3. The second-order valence-corrected chi connectivity index (χ2v) is 10.1. The van der Waals surface area contributed by atoms with Gasteiger partial charge in [-0.1, -0.05) is 29.4 Å². The summed E-state index contributed by atoms with van der Waals surface area (Å²) < 4.78 is 16.1. The fourth-order valence-corrected chi connectivity index (χ4v) is 5.63. The maximum absolute atomic E-state index is 14.2. The second-order valence-electron chi connectivity index (χ2n) is 10.1. The Morgan fingerprint density at radius 3 is 2.27 bits per heavy atom. The van der Waals surface area contributed by atoms with Crippen LogP contribution in [-0.4, -0.2) is 54.1 Å². The summed E-state index contributed by atoms with van der Waals surface area (Å²) in [6.07, 6.45) is 1.88. The number of benzene rings is 2. The van der Waals surface area contributed by atoms with E-state index in [4.69, 9.17) is 14.0 Å². The van der Waals surface area contributed by atoms with E-state index >= 15 is 0 Å². The van der Waals surface area contributed by atoms with Crippen LogP contribution in [0.5, 0.6) is 11.5 Å². The largest absolute Gasteiger partial charge is 0.497 e. The maximum Gasteiger partial charge on any atom is 0.254 e. The van der Waals surface area contributed by atoms with E-state index in [2.05, 4.69) is 17.3 Å². The number of hydrogen-bond acceptors (Lipinski definition) is 6. The average molecular weight is 504 g/mol. The molecule has 8 heteroatoms. The lowest BCUT2D eigenvalue weighted by atomic mass is 9.72. The number of carbonyl (C=O) groups excluding carboxylic acids is 2. The predicted octanol–water partition coefficient (Wildman–Crippen LogP) is 4.32. The Morgan fingerprint density at radius 1 is 1.03 bits per heavy atom. The molecule has 0 aliphatic carbocycles. The summed E-state index contributed by atoms with van der Waals surface area (Å²) >= 11 is 0. The Morgan fingerprint density at radius 2 is 1.68 bits per heavy atom. The van der Waals surface area contributed by atoms with Gasteiger partial charge >= 0.3 is 0 Å². The number of likely N-dealkylation sites (tertiary alicyclic amines) is 1. The summed E-state index contributed by atoms with van der Waals surface area (Å²) in [6.45, 7) is 5.82. The number of amides is 2. The molecule has 0 unspecified atom stereocenters. The van der Waals surface area contributed by atoms with Gasteiger partial charge in [0, 0.05) is 36.8 Å². The van der Waals surface area contributed by atoms with Crippen molar-refractivity contribution in [2.45, 2.75) is 46.2 Å². The highest BCUT2D eigenvalue weighted by Crippen LogP contribution is 2.41. The Balaban J connectivity index is 1.41. The van der Waals surface area contributed by atoms with Crippen molar-refractivity contribution in [3.8, 4) is 11.5 Å². The van der Waals surface area contributed by atoms with E-state index in [9.17, 15) is 9.59 Å². The molecule has 3 aromatic rings. The molecular weight excluding hydrogens is 470 g/mol. The van der Waals surface area contributed by atoms with Crippen LogP contribution < -0.4 is 9.47 Å². The van der Waals surface area contributed by atoms with Gasteiger partial charge in [0.25, 0.3) is 5.91 Å². The van der Waals surface area contributed by atoms with Crippen molar-refractivity contribution in [1.29, 1.82) is 0 Å². The number of nitrogens with zero attached hydrogens (tertiary/aromatic N) is 3. The lowest BCUT2D eigenvalue weighted by Crippen LogP contribution is -2.51. The lowest BCUT2D eigenvalue weighted by Gasteiger charge is -2.42. The van der Waals surface area contributed by atoms with E-state index in [1.807, 2.05) is 35.8 Å². The first-order chi connectivity index (χ1) is 17.8. The molecule has 2 aromatic carbocycles. The normalized spacial score (nSPS) is 16.9. The zero-order valence-electron chi connectivity index (χ0n) is 21.9. The molecule has 194 valence electrons. The quantitative estimate of drug-likeness (QED) is 0.516. The molecule has 1 fully saturated rings. The maximum atomic E-state index is 14.2. The molecule has 3 heterocycles. The van der Waals surface area contributed by atoms with E-state index in [0.717, 1.165) is 17.0 Å². The molecule has 0 radical (unpaired) electrons. The number of rotatable bonds is 5. The van der Waals surface area contributed by atoms with Crippen LogP contribution >= 0.6 is 0 Å². The highest BCUT2D eigenvalue weighted by atomic mass is 16.5. The van der Waals surface area contributed by atoms with Gasteiger partial charge in [0.2, 0.25) is 5.91 Å². The second kappa shape index (κ2) is 9.92. The van der Waals surface area contributed by atoms with Crippen molar-refractivity contribution < 1.29 is 23.6 Å². The summed E-state index contributed by atoms with van der Waals surface area (Å²) in [5, 5.41) is 4.09. The van der Waals surface area contributed by atoms with Crippen LogP contribution in [0.25, 0.3) is 0 Å². The molecule has 1 spiro atoms.